The number of hydrogen-bond donors (Lipinski definition) is 5. The number of allylic oxidation sites excluding steroid dienone is 1. The molecule has 0 unspecified atom stereocenters. The van der Waals surface area contributed by atoms with Crippen LogP contribution < -0.4 is 16.2 Å². The molecule has 73 heavy (non-hydrogen) atoms. The predicted molar refractivity (Wildman–Crippen MR) is 283 cm³/mol. The summed E-state index contributed by atoms with van der Waals surface area (Å²) < 4.78 is 15.1. The zero-order valence-electron chi connectivity index (χ0n) is 42.1. The van der Waals surface area contributed by atoms with Gasteiger partial charge in [-0.05, 0) is 77.8 Å². The molecule has 0 atom stereocenters. The first-order chi connectivity index (χ1) is 35.5. The number of H-pyrrole nitrogens is 1. The SMILES string of the molecule is CC.CCc1cccc(-c2cnc(C(=O)N3CCC(CN4CCN(CC(=O)N5CCN(C(=O)c6cc(Cc7n[nH]c(=O)c8ccccc78)ccc6F)CC5)CC4)CC3)c(NC(=O)CNC/C(C=N)=C/C=N)c2)c1. The molecule has 17 nitrogen and oxygen atoms in total. The van der Waals surface area contributed by atoms with Gasteiger partial charge >= 0.3 is 0 Å². The Hall–Kier alpha value is -7.28. The van der Waals surface area contributed by atoms with Crippen molar-refractivity contribution in [3.8, 4) is 11.1 Å². The van der Waals surface area contributed by atoms with Crippen LogP contribution in [0.25, 0.3) is 21.9 Å². The lowest BCUT2D eigenvalue weighted by atomic mass is 9.95. The van der Waals surface area contributed by atoms with Crippen LogP contribution in [-0.2, 0) is 22.4 Å². The molecule has 18 heteroatoms. The average Bonchev–Trinajstić information content (AvgIpc) is 3.43. The van der Waals surface area contributed by atoms with Crippen LogP contribution in [0, 0.1) is 22.6 Å². The minimum absolute atomic E-state index is 0.0100. The van der Waals surface area contributed by atoms with Gasteiger partial charge in [0.25, 0.3) is 17.4 Å². The number of nitrogens with zero attached hydrogens (tertiary/aromatic N) is 7. The second-order valence-corrected chi connectivity index (χ2v) is 18.4. The number of aromatic amines is 1. The molecule has 0 spiro atoms. The average molecular weight is 995 g/mol. The van der Waals surface area contributed by atoms with Crippen molar-refractivity contribution in [3.05, 3.63) is 135 Å². The maximum absolute atomic E-state index is 15.1. The van der Waals surface area contributed by atoms with Gasteiger partial charge in [-0.2, -0.15) is 5.10 Å². The number of rotatable bonds is 17. The third kappa shape index (κ3) is 13.8. The summed E-state index contributed by atoms with van der Waals surface area (Å²) in [5.74, 6) is -1.23. The Balaban J connectivity index is 0.00000385. The summed E-state index contributed by atoms with van der Waals surface area (Å²) in [7, 11) is 0. The Bertz CT molecular complexity index is 2860. The van der Waals surface area contributed by atoms with Crippen LogP contribution in [0.15, 0.2) is 95.4 Å². The molecule has 3 fully saturated rings. The molecule has 5 heterocycles. The van der Waals surface area contributed by atoms with Crippen molar-refractivity contribution in [2.24, 2.45) is 5.92 Å². The van der Waals surface area contributed by atoms with E-state index >= 15 is 4.39 Å². The smallest absolute Gasteiger partial charge is 0.274 e. The number of aromatic nitrogens is 3. The molecule has 5 aromatic rings. The molecule has 0 radical (unpaired) electrons. The number of carbonyl (C=O) groups is 4. The van der Waals surface area contributed by atoms with E-state index in [0.29, 0.717) is 91.4 Å². The minimum Gasteiger partial charge on any atom is -0.338 e. The Morgan fingerprint density at radius 1 is 0.767 bits per heavy atom. The number of anilines is 1. The largest absolute Gasteiger partial charge is 0.338 e. The molecule has 0 saturated carbocycles. The first-order valence-electron chi connectivity index (χ1n) is 25.4. The van der Waals surface area contributed by atoms with Crippen LogP contribution in [-0.4, -0.2) is 167 Å². The maximum atomic E-state index is 15.1. The number of nitrogens with one attached hydrogen (secondary N) is 5. The normalized spacial score (nSPS) is 15.9. The van der Waals surface area contributed by atoms with E-state index in [1.165, 1.54) is 12.1 Å². The molecule has 4 amide bonds. The molecule has 0 bridgehead atoms. The van der Waals surface area contributed by atoms with E-state index in [1.807, 2.05) is 43.0 Å². The summed E-state index contributed by atoms with van der Waals surface area (Å²) in [6.45, 7) is 13.0. The van der Waals surface area contributed by atoms with Gasteiger partial charge in [0.15, 0.2) is 5.69 Å². The van der Waals surface area contributed by atoms with Crippen molar-refractivity contribution in [2.75, 3.05) is 96.9 Å². The summed E-state index contributed by atoms with van der Waals surface area (Å²) in [6.07, 6.45) is 8.20. The van der Waals surface area contributed by atoms with Crippen LogP contribution in [0.3, 0.4) is 0 Å². The highest BCUT2D eigenvalue weighted by atomic mass is 19.1. The molecule has 3 aliphatic rings. The zero-order valence-corrected chi connectivity index (χ0v) is 42.1. The van der Waals surface area contributed by atoms with Crippen molar-refractivity contribution >= 4 is 52.5 Å². The Morgan fingerprint density at radius 2 is 1.47 bits per heavy atom. The van der Waals surface area contributed by atoms with Gasteiger partial charge in [-0.3, -0.25) is 28.9 Å². The summed E-state index contributed by atoms with van der Waals surface area (Å²) in [6, 6.07) is 21.5. The number of piperidine rings is 1. The highest BCUT2D eigenvalue weighted by molar-refractivity contribution is 6.03. The van der Waals surface area contributed by atoms with Crippen LogP contribution in [0.5, 0.6) is 0 Å². The number of likely N-dealkylation sites (tertiary alicyclic amines) is 1. The van der Waals surface area contributed by atoms with E-state index in [-0.39, 0.29) is 47.6 Å². The number of hydrogen-bond acceptors (Lipinski definition) is 12. The fourth-order valence-electron chi connectivity index (χ4n) is 9.57. The molecule has 0 aliphatic carbocycles. The van der Waals surface area contributed by atoms with Gasteiger partial charge in [-0.25, -0.2) is 14.5 Å². The number of piperazine rings is 2. The number of aryl methyl sites for hydroxylation is 1. The number of benzene rings is 3. The first kappa shape index (κ1) is 53.5. The van der Waals surface area contributed by atoms with Gasteiger partial charge in [-0.1, -0.05) is 69.3 Å². The van der Waals surface area contributed by atoms with Gasteiger partial charge in [0.05, 0.1) is 35.4 Å². The van der Waals surface area contributed by atoms with Crippen LogP contribution >= 0.6 is 0 Å². The molecule has 3 saturated heterocycles. The van der Waals surface area contributed by atoms with Crippen molar-refractivity contribution in [2.45, 2.75) is 46.5 Å². The van der Waals surface area contributed by atoms with Gasteiger partial charge < -0.3 is 41.1 Å². The van der Waals surface area contributed by atoms with Crippen LogP contribution in [0.2, 0.25) is 0 Å². The van der Waals surface area contributed by atoms with Crippen molar-refractivity contribution in [1.82, 2.24) is 45.0 Å². The van der Waals surface area contributed by atoms with E-state index in [9.17, 15) is 24.0 Å². The third-order valence-electron chi connectivity index (χ3n) is 13.7. The molecule has 8 rings (SSSR count). The van der Waals surface area contributed by atoms with Gasteiger partial charge in [0.1, 0.15) is 5.82 Å². The van der Waals surface area contributed by atoms with E-state index in [2.05, 4.69) is 54.7 Å². The van der Waals surface area contributed by atoms with E-state index < -0.39 is 11.7 Å². The highest BCUT2D eigenvalue weighted by Crippen LogP contribution is 2.28. The van der Waals surface area contributed by atoms with Crippen LogP contribution in [0.1, 0.15) is 71.3 Å². The quantitative estimate of drug-likeness (QED) is 0.0737. The Kier molecular flexibility index (Phi) is 19.0. The number of carbonyl (C=O) groups excluding carboxylic acids is 4. The van der Waals surface area contributed by atoms with Gasteiger partial charge in [-0.15, -0.1) is 0 Å². The fourth-order valence-corrected chi connectivity index (χ4v) is 9.57. The predicted octanol–water partition coefficient (Wildman–Crippen LogP) is 5.51. The molecular weight excluding hydrogens is 928 g/mol. The number of halogens is 1. The fraction of sp³-hybridized carbons (Fsp3) is 0.400. The summed E-state index contributed by atoms with van der Waals surface area (Å²) in [5, 5.41) is 28.7. The Morgan fingerprint density at radius 3 is 2.18 bits per heavy atom. The van der Waals surface area contributed by atoms with Crippen LogP contribution in [0.4, 0.5) is 10.1 Å². The summed E-state index contributed by atoms with van der Waals surface area (Å²) in [4.78, 5) is 81.0. The van der Waals surface area contributed by atoms with Gasteiger partial charge in [0.2, 0.25) is 11.8 Å². The second-order valence-electron chi connectivity index (χ2n) is 18.4. The summed E-state index contributed by atoms with van der Waals surface area (Å²) in [5.41, 5.74) is 4.92. The number of amides is 4. The zero-order chi connectivity index (χ0) is 51.9. The van der Waals surface area contributed by atoms with E-state index in [0.717, 1.165) is 81.1 Å². The number of fused-ring (bicyclic) bond motifs is 1. The van der Waals surface area contributed by atoms with Crippen molar-refractivity contribution in [3.63, 3.8) is 0 Å². The van der Waals surface area contributed by atoms with Crippen molar-refractivity contribution < 1.29 is 23.6 Å². The monoisotopic (exact) mass is 995 g/mol. The lowest BCUT2D eigenvalue weighted by molar-refractivity contribution is -0.134. The van der Waals surface area contributed by atoms with Crippen molar-refractivity contribution in [1.29, 1.82) is 10.8 Å². The molecule has 3 aromatic carbocycles. The van der Waals surface area contributed by atoms with Gasteiger partial charge in [0, 0.05) is 115 Å². The minimum atomic E-state index is -0.617. The Labute approximate surface area is 425 Å². The third-order valence-corrected chi connectivity index (χ3v) is 13.7. The molecular formula is C55H67FN12O5. The molecule has 3 aliphatic heterocycles. The lowest BCUT2D eigenvalue weighted by Crippen LogP contribution is -2.55. The second kappa shape index (κ2) is 25.9. The standard InChI is InChI=1S/C53H61FN12O5.C2H6/c1-2-36-6-5-7-40(26-36)41-29-47(59-48(67)33-57-31-39(30-56)12-15-55)50(58-32-41)53(71)65-16-13-37(14-17-65)34-62-18-20-63(21-19-62)35-49(68)64-22-24-66(25-23-64)52(70)44-27-38(10-11-45(44)54)28-46-42-8-3-4-9-43(42)51(69)61-60-46;1-2/h3-12,15,26-27,29-30,32,37,55-57H,2,13-14,16-25,28,31,33-35H2,1H3,(H,59,67)(H,61,69);1-2H3/b39-12+,55-15?,56-30?;. The summed E-state index contributed by atoms with van der Waals surface area (Å²) >= 11 is 0. The lowest BCUT2D eigenvalue weighted by Gasteiger charge is -2.40. The topological polar surface area (TPSA) is 215 Å². The first-order valence-corrected chi connectivity index (χ1v) is 25.4. The van der Waals surface area contributed by atoms with E-state index in [1.54, 1.807) is 46.3 Å². The highest BCUT2D eigenvalue weighted by Gasteiger charge is 2.31. The molecule has 2 aromatic heterocycles. The number of pyridine rings is 1. The maximum Gasteiger partial charge on any atom is 0.274 e. The molecule has 5 N–H and O–H groups in total. The van der Waals surface area contributed by atoms with E-state index in [4.69, 9.17) is 10.8 Å². The molecule has 384 valence electrons.